The number of rotatable bonds is 6. The van der Waals surface area contributed by atoms with Gasteiger partial charge in [0.15, 0.2) is 0 Å². The van der Waals surface area contributed by atoms with Gasteiger partial charge in [-0.2, -0.15) is 0 Å². The van der Waals surface area contributed by atoms with E-state index in [1.165, 1.54) is 0 Å². The van der Waals surface area contributed by atoms with Crippen LogP contribution in [-0.4, -0.2) is 6.61 Å². The van der Waals surface area contributed by atoms with Crippen LogP contribution < -0.4 is 0 Å². The van der Waals surface area contributed by atoms with Gasteiger partial charge in [0.2, 0.25) is 0 Å². The van der Waals surface area contributed by atoms with E-state index in [9.17, 15) is 7.35 Å². The van der Waals surface area contributed by atoms with Crippen molar-refractivity contribution in [3.8, 4) is 0 Å². The maximum atomic E-state index is 9.93. The summed E-state index contributed by atoms with van der Waals surface area (Å²) in [7, 11) is 0. The predicted molar refractivity (Wildman–Crippen MR) is 32.5 cm³/mol. The van der Waals surface area contributed by atoms with Crippen molar-refractivity contribution in [1.29, 1.82) is 0 Å². The molecular formula is C6H13O4V. The fourth-order valence-electron chi connectivity index (χ4n) is 0.694. The Morgan fingerprint density at radius 3 is 2.18 bits per heavy atom. The molecule has 0 aliphatic rings. The minimum atomic E-state index is -3.53. The molecule has 4 nitrogen and oxygen atoms in total. The van der Waals surface area contributed by atoms with Gasteiger partial charge in [-0.15, -0.1) is 0 Å². The first-order valence-electron chi connectivity index (χ1n) is 3.64. The fraction of sp³-hybridized carbons (Fsp3) is 1.00. The van der Waals surface area contributed by atoms with Gasteiger partial charge >= 0.3 is 70.7 Å². The van der Waals surface area contributed by atoms with Crippen molar-refractivity contribution in [3.63, 3.8) is 0 Å². The quantitative estimate of drug-likeness (QED) is 0.482. The Morgan fingerprint density at radius 2 is 1.82 bits per heavy atom. The van der Waals surface area contributed by atoms with Gasteiger partial charge in [0.25, 0.3) is 0 Å². The summed E-state index contributed by atoms with van der Waals surface area (Å²) in [5, 5.41) is 0. The van der Waals surface area contributed by atoms with E-state index in [2.05, 4.69) is 8.70 Å². The molecule has 0 amide bonds. The van der Waals surface area contributed by atoms with E-state index in [0.717, 1.165) is 12.8 Å². The molecule has 0 saturated heterocycles. The van der Waals surface area contributed by atoms with Crippen LogP contribution >= 0.6 is 0 Å². The molecule has 0 saturated carbocycles. The van der Waals surface area contributed by atoms with Gasteiger partial charge in [-0.1, -0.05) is 0 Å². The third-order valence-corrected chi connectivity index (χ3v) is 1.93. The fourth-order valence-corrected chi connectivity index (χ4v) is 0.923. The van der Waals surface area contributed by atoms with Crippen LogP contribution in [-0.2, 0) is 31.4 Å². The molecule has 0 fully saturated rings. The normalized spacial score (nSPS) is 10.5. The van der Waals surface area contributed by atoms with Crippen LogP contribution in [0, 0.1) is 5.92 Å². The SMILES string of the molecule is CCC(CC)CO[O][V](=[O])=[O]. The second-order valence-electron chi connectivity index (χ2n) is 2.27. The number of hydrogen-bond acceptors (Lipinski definition) is 4. The van der Waals surface area contributed by atoms with Gasteiger partial charge < -0.3 is 0 Å². The van der Waals surface area contributed by atoms with E-state index in [0.29, 0.717) is 12.5 Å². The van der Waals surface area contributed by atoms with E-state index in [1.54, 1.807) is 0 Å². The summed E-state index contributed by atoms with van der Waals surface area (Å²) < 4.78 is 23.9. The molecule has 0 unspecified atom stereocenters. The summed E-state index contributed by atoms with van der Waals surface area (Å²) in [6, 6.07) is 0. The van der Waals surface area contributed by atoms with Crippen molar-refractivity contribution in [2.45, 2.75) is 26.7 Å². The van der Waals surface area contributed by atoms with E-state index < -0.39 is 15.4 Å². The Labute approximate surface area is 71.2 Å². The van der Waals surface area contributed by atoms with Crippen LogP contribution in [0.1, 0.15) is 26.7 Å². The van der Waals surface area contributed by atoms with Crippen LogP contribution in [0.3, 0.4) is 0 Å². The Bertz CT molecular complexity index is 143. The second kappa shape index (κ2) is 6.79. The molecule has 11 heavy (non-hydrogen) atoms. The molecule has 0 aromatic heterocycles. The molecule has 0 aromatic rings. The van der Waals surface area contributed by atoms with Crippen molar-refractivity contribution < 1.29 is 31.4 Å². The molecule has 0 rings (SSSR count). The van der Waals surface area contributed by atoms with Crippen molar-refractivity contribution in [2.75, 3.05) is 6.61 Å². The molecule has 0 N–H and O–H groups in total. The topological polar surface area (TPSA) is 52.6 Å². The molecule has 66 valence electrons. The van der Waals surface area contributed by atoms with E-state index in [1.807, 2.05) is 13.8 Å². The molecule has 0 radical (unpaired) electrons. The van der Waals surface area contributed by atoms with E-state index >= 15 is 0 Å². The molecule has 0 atom stereocenters. The summed E-state index contributed by atoms with van der Waals surface area (Å²) in [5.41, 5.74) is 0. The molecular weight excluding hydrogens is 187 g/mol. The van der Waals surface area contributed by atoms with Crippen molar-refractivity contribution in [1.82, 2.24) is 0 Å². The van der Waals surface area contributed by atoms with Crippen LogP contribution in [0.5, 0.6) is 0 Å². The van der Waals surface area contributed by atoms with Gasteiger partial charge in [-0.05, 0) is 0 Å². The maximum absolute atomic E-state index is 9.93. The van der Waals surface area contributed by atoms with Crippen molar-refractivity contribution in [2.24, 2.45) is 5.92 Å². The summed E-state index contributed by atoms with van der Waals surface area (Å²) in [5.74, 6) is 0.393. The molecule has 0 aliphatic heterocycles. The monoisotopic (exact) mass is 200 g/mol. The summed E-state index contributed by atoms with van der Waals surface area (Å²) in [4.78, 5) is 4.48. The summed E-state index contributed by atoms with van der Waals surface area (Å²) in [6.45, 7) is 4.42. The Kier molecular flexibility index (Phi) is 6.86. The van der Waals surface area contributed by atoms with Gasteiger partial charge in [-0.3, -0.25) is 0 Å². The Hall–Kier alpha value is 0.104. The van der Waals surface area contributed by atoms with Crippen molar-refractivity contribution in [3.05, 3.63) is 0 Å². The Morgan fingerprint density at radius 1 is 1.27 bits per heavy atom. The average Bonchev–Trinajstić information content (AvgIpc) is 1.98. The Balaban J connectivity index is 3.35. The zero-order valence-corrected chi connectivity index (χ0v) is 8.18. The van der Waals surface area contributed by atoms with Gasteiger partial charge in [0.05, 0.1) is 0 Å². The first kappa shape index (κ1) is 11.1. The zero-order valence-electron chi connectivity index (χ0n) is 6.78. The van der Waals surface area contributed by atoms with Gasteiger partial charge in [-0.25, -0.2) is 0 Å². The van der Waals surface area contributed by atoms with Crippen LogP contribution in [0.15, 0.2) is 0 Å². The van der Waals surface area contributed by atoms with E-state index in [-0.39, 0.29) is 0 Å². The third-order valence-electron chi connectivity index (χ3n) is 1.57. The number of hydrogen-bond donors (Lipinski definition) is 0. The van der Waals surface area contributed by atoms with Crippen LogP contribution in [0.25, 0.3) is 0 Å². The zero-order chi connectivity index (χ0) is 8.69. The summed E-state index contributed by atoms with van der Waals surface area (Å²) in [6.07, 6.45) is 1.95. The standard InChI is InChI=1S/C6H14O2.2O.V/c1-3-6(4-2)5-8-7;;;/h6-7H,3-5H2,1-2H3;;;/q;;;+1/p-1. The predicted octanol–water partition coefficient (Wildman–Crippen LogP) is 1.59. The molecule has 0 heterocycles. The van der Waals surface area contributed by atoms with Crippen LogP contribution in [0.2, 0.25) is 0 Å². The third kappa shape index (κ3) is 6.50. The summed E-state index contributed by atoms with van der Waals surface area (Å²) >= 11 is -3.53. The minimum absolute atomic E-state index is 0.364. The average molecular weight is 200 g/mol. The van der Waals surface area contributed by atoms with Crippen molar-refractivity contribution >= 4 is 0 Å². The molecule has 0 aromatic carbocycles. The molecule has 0 spiro atoms. The first-order valence-corrected chi connectivity index (χ1v) is 5.35. The second-order valence-corrected chi connectivity index (χ2v) is 3.20. The van der Waals surface area contributed by atoms with Gasteiger partial charge in [0, 0.05) is 0 Å². The van der Waals surface area contributed by atoms with Crippen LogP contribution in [0.4, 0.5) is 0 Å². The molecule has 0 bridgehead atoms. The van der Waals surface area contributed by atoms with Gasteiger partial charge in [0.1, 0.15) is 0 Å². The van der Waals surface area contributed by atoms with E-state index in [4.69, 9.17) is 0 Å². The molecule has 0 aliphatic carbocycles. The molecule has 5 heteroatoms. The first-order chi connectivity index (χ1) is 5.20.